The van der Waals surface area contributed by atoms with Gasteiger partial charge in [0.15, 0.2) is 5.82 Å². The van der Waals surface area contributed by atoms with Crippen molar-refractivity contribution in [1.29, 1.82) is 0 Å². The normalized spacial score (nSPS) is 14.0. The van der Waals surface area contributed by atoms with E-state index in [0.29, 0.717) is 26.9 Å². The van der Waals surface area contributed by atoms with Gasteiger partial charge in [-0.3, -0.25) is 9.59 Å². The lowest BCUT2D eigenvalue weighted by Gasteiger charge is -2.10. The van der Waals surface area contributed by atoms with Crippen LogP contribution in [0.15, 0.2) is 48.5 Å². The van der Waals surface area contributed by atoms with Crippen LogP contribution in [-0.2, 0) is 0 Å². The molecule has 0 unspecified atom stereocenters. The Morgan fingerprint density at radius 2 is 1.43 bits per heavy atom. The second-order valence-electron chi connectivity index (χ2n) is 4.72. The summed E-state index contributed by atoms with van der Waals surface area (Å²) in [4.78, 5) is 26.5. The van der Waals surface area contributed by atoms with Gasteiger partial charge in [-0.1, -0.05) is 29.1 Å². The highest BCUT2D eigenvalue weighted by molar-refractivity contribution is 6.35. The fourth-order valence-electron chi connectivity index (χ4n) is 2.58. The summed E-state index contributed by atoms with van der Waals surface area (Å²) in [6.07, 6.45) is 0. The molecule has 0 saturated carbocycles. The number of amides is 2. The van der Waals surface area contributed by atoms with E-state index in [1.165, 1.54) is 0 Å². The first-order valence-electron chi connectivity index (χ1n) is 6.33. The molecule has 0 fully saturated rings. The van der Waals surface area contributed by atoms with Gasteiger partial charge >= 0.3 is 0 Å². The first-order chi connectivity index (χ1) is 10.2. The van der Waals surface area contributed by atoms with Crippen LogP contribution in [0.5, 0.6) is 0 Å². The van der Waals surface area contributed by atoms with Gasteiger partial charge in [-0.2, -0.15) is 0 Å². The fraction of sp³-hybridized carbons (Fsp3) is 0. The molecule has 2 aromatic carbocycles. The summed E-state index contributed by atoms with van der Waals surface area (Å²) < 4.78 is 0. The summed E-state index contributed by atoms with van der Waals surface area (Å²) in [5.74, 6) is -0.724. The van der Waals surface area contributed by atoms with E-state index >= 15 is 0 Å². The number of carbonyl (C=O) groups is 2. The predicted octanol–water partition coefficient (Wildman–Crippen LogP) is 2.07. The summed E-state index contributed by atoms with van der Waals surface area (Å²) in [7, 11) is 0. The average Bonchev–Trinajstić information content (AvgIpc) is 2.96. The molecule has 1 aromatic heterocycles. The number of hydrogen-bond donors (Lipinski definition) is 1. The van der Waals surface area contributed by atoms with Gasteiger partial charge < -0.3 is 5.21 Å². The van der Waals surface area contributed by atoms with Crippen molar-refractivity contribution in [3.63, 3.8) is 0 Å². The van der Waals surface area contributed by atoms with Gasteiger partial charge in [0.05, 0.1) is 11.1 Å². The van der Waals surface area contributed by atoms with E-state index in [-0.39, 0.29) is 5.82 Å². The second kappa shape index (κ2) is 3.92. The molecule has 0 saturated heterocycles. The highest BCUT2D eigenvalue weighted by Crippen LogP contribution is 2.32. The molecule has 0 radical (unpaired) electrons. The zero-order chi connectivity index (χ0) is 14.6. The van der Waals surface area contributed by atoms with Gasteiger partial charge in [0.1, 0.15) is 5.52 Å². The Morgan fingerprint density at radius 3 is 2.10 bits per heavy atom. The van der Waals surface area contributed by atoms with Crippen molar-refractivity contribution in [3.8, 4) is 0 Å². The van der Waals surface area contributed by atoms with Crippen LogP contribution >= 0.6 is 0 Å². The van der Waals surface area contributed by atoms with Crippen molar-refractivity contribution in [3.05, 3.63) is 59.7 Å². The fourth-order valence-corrected chi connectivity index (χ4v) is 2.58. The van der Waals surface area contributed by atoms with Gasteiger partial charge in [0, 0.05) is 5.39 Å². The minimum atomic E-state index is -0.431. The van der Waals surface area contributed by atoms with E-state index in [4.69, 9.17) is 0 Å². The zero-order valence-electron chi connectivity index (χ0n) is 10.7. The third kappa shape index (κ3) is 1.44. The number of nitrogens with zero attached hydrogens (tertiary/aromatic N) is 3. The summed E-state index contributed by atoms with van der Waals surface area (Å²) in [6.45, 7) is 0. The second-order valence-corrected chi connectivity index (χ2v) is 4.72. The molecule has 102 valence electrons. The lowest BCUT2D eigenvalue weighted by molar-refractivity contribution is 0.0923. The van der Waals surface area contributed by atoms with Crippen LogP contribution in [-0.4, -0.2) is 27.0 Å². The van der Waals surface area contributed by atoms with Crippen LogP contribution in [0.2, 0.25) is 0 Å². The molecule has 21 heavy (non-hydrogen) atoms. The third-order valence-electron chi connectivity index (χ3n) is 3.56. The smallest absolute Gasteiger partial charge is 0.267 e. The molecule has 2 heterocycles. The topological polar surface area (TPSA) is 75.4 Å². The number of hydrogen-bond acceptors (Lipinski definition) is 4. The Bertz CT molecular complexity index is 878. The highest BCUT2D eigenvalue weighted by atomic mass is 16.5. The Hall–Kier alpha value is -3.15. The molecule has 0 aliphatic carbocycles. The van der Waals surface area contributed by atoms with Gasteiger partial charge in [-0.05, 0) is 24.3 Å². The van der Waals surface area contributed by atoms with Gasteiger partial charge in [0.25, 0.3) is 11.8 Å². The number of carbonyl (C=O) groups excluding carboxylic acids is 2. The first kappa shape index (κ1) is 11.7. The molecule has 1 aliphatic heterocycles. The number of rotatable bonds is 1. The van der Waals surface area contributed by atoms with E-state index in [2.05, 4.69) is 5.10 Å². The van der Waals surface area contributed by atoms with Crippen LogP contribution in [0.25, 0.3) is 10.9 Å². The quantitative estimate of drug-likeness (QED) is 0.546. The maximum atomic E-state index is 12.4. The summed E-state index contributed by atoms with van der Waals surface area (Å²) >= 11 is 0. The van der Waals surface area contributed by atoms with Crippen LogP contribution in [0.3, 0.4) is 0 Å². The van der Waals surface area contributed by atoms with Crippen LogP contribution < -0.4 is 4.90 Å². The molecule has 0 atom stereocenters. The molecule has 0 spiro atoms. The molecule has 1 N–H and O–H groups in total. The van der Waals surface area contributed by atoms with E-state index in [0.717, 1.165) is 4.90 Å². The molecule has 2 amide bonds. The highest BCUT2D eigenvalue weighted by Gasteiger charge is 2.38. The third-order valence-corrected chi connectivity index (χ3v) is 3.56. The average molecular weight is 279 g/mol. The number of benzene rings is 2. The SMILES string of the molecule is O=C1c2ccccc2C(=O)N1c1nn(O)c2ccccc12. The Labute approximate surface area is 118 Å². The summed E-state index contributed by atoms with van der Waals surface area (Å²) in [5.41, 5.74) is 1.13. The number of para-hydroxylation sites is 1. The maximum Gasteiger partial charge on any atom is 0.267 e. The van der Waals surface area contributed by atoms with Crippen molar-refractivity contribution < 1.29 is 14.8 Å². The van der Waals surface area contributed by atoms with E-state index in [1.54, 1.807) is 48.5 Å². The number of fused-ring (bicyclic) bond motifs is 2. The van der Waals surface area contributed by atoms with Crippen molar-refractivity contribution in [2.24, 2.45) is 0 Å². The largest absolute Gasteiger partial charge is 0.411 e. The van der Waals surface area contributed by atoms with Crippen LogP contribution in [0.1, 0.15) is 20.7 Å². The van der Waals surface area contributed by atoms with Crippen molar-refractivity contribution in [2.75, 3.05) is 4.90 Å². The molecule has 6 nitrogen and oxygen atoms in total. The van der Waals surface area contributed by atoms with E-state index in [9.17, 15) is 14.8 Å². The van der Waals surface area contributed by atoms with Crippen molar-refractivity contribution in [1.82, 2.24) is 9.94 Å². The summed E-state index contributed by atoms with van der Waals surface area (Å²) in [6, 6.07) is 13.5. The molecule has 4 rings (SSSR count). The lowest BCUT2D eigenvalue weighted by atomic mass is 10.1. The van der Waals surface area contributed by atoms with E-state index in [1.807, 2.05) is 0 Å². The molecule has 6 heteroatoms. The minimum absolute atomic E-state index is 0.138. The molecule has 3 aromatic rings. The first-order valence-corrected chi connectivity index (χ1v) is 6.33. The molecular formula is C15H9N3O3. The standard InChI is InChI=1S/C15H9N3O3/c19-14-9-5-1-2-6-10(9)15(20)17(14)13-11-7-3-4-8-12(11)18(21)16-13/h1-8,21H. The van der Waals surface area contributed by atoms with Crippen LogP contribution in [0.4, 0.5) is 5.82 Å². The number of imide groups is 1. The van der Waals surface area contributed by atoms with Crippen molar-refractivity contribution in [2.45, 2.75) is 0 Å². The maximum absolute atomic E-state index is 12.4. The zero-order valence-corrected chi connectivity index (χ0v) is 10.7. The van der Waals surface area contributed by atoms with E-state index < -0.39 is 11.8 Å². The molecule has 1 aliphatic rings. The summed E-state index contributed by atoms with van der Waals surface area (Å²) in [5, 5.41) is 14.2. The van der Waals surface area contributed by atoms with Crippen molar-refractivity contribution >= 4 is 28.5 Å². The lowest BCUT2D eigenvalue weighted by Crippen LogP contribution is -2.30. The van der Waals surface area contributed by atoms with Gasteiger partial charge in [-0.15, -0.1) is 5.10 Å². The Morgan fingerprint density at radius 1 is 0.857 bits per heavy atom. The van der Waals surface area contributed by atoms with Gasteiger partial charge in [-0.25, -0.2) is 4.90 Å². The molecular weight excluding hydrogens is 270 g/mol. The predicted molar refractivity (Wildman–Crippen MR) is 74.5 cm³/mol. The monoisotopic (exact) mass is 279 g/mol. The van der Waals surface area contributed by atoms with Gasteiger partial charge in [0.2, 0.25) is 0 Å². The Balaban J connectivity index is 1.95. The molecule has 0 bridgehead atoms. The Kier molecular flexibility index (Phi) is 2.18. The number of anilines is 1. The minimum Gasteiger partial charge on any atom is -0.411 e. The number of aromatic nitrogens is 2. The van der Waals surface area contributed by atoms with Crippen LogP contribution in [0, 0.1) is 0 Å².